The van der Waals surface area contributed by atoms with E-state index in [2.05, 4.69) is 29.4 Å². The predicted octanol–water partition coefficient (Wildman–Crippen LogP) is 5.54. The number of rotatable bonds is 4. The quantitative estimate of drug-likeness (QED) is 0.424. The first-order valence-corrected chi connectivity index (χ1v) is 11.5. The van der Waals surface area contributed by atoms with Crippen LogP contribution >= 0.6 is 11.3 Å². The predicted molar refractivity (Wildman–Crippen MR) is 123 cm³/mol. The summed E-state index contributed by atoms with van der Waals surface area (Å²) in [6.45, 7) is 1.56. The van der Waals surface area contributed by atoms with Crippen LogP contribution in [0.5, 0.6) is 0 Å². The molecule has 1 amide bonds. The minimum Gasteiger partial charge on any atom is -0.338 e. The third-order valence-corrected chi connectivity index (χ3v) is 7.31. The summed E-state index contributed by atoms with van der Waals surface area (Å²) in [6.07, 6.45) is 3.12. The summed E-state index contributed by atoms with van der Waals surface area (Å²) in [5, 5.41) is 5.34. The lowest BCUT2D eigenvalue weighted by molar-refractivity contribution is 0.0695. The number of carbonyl (C=O) groups is 1. The van der Waals surface area contributed by atoms with Gasteiger partial charge in [-0.3, -0.25) is 9.48 Å². The molecule has 6 heteroatoms. The van der Waals surface area contributed by atoms with Crippen LogP contribution in [0.4, 0.5) is 4.39 Å². The van der Waals surface area contributed by atoms with Crippen molar-refractivity contribution < 1.29 is 9.18 Å². The Morgan fingerprint density at radius 2 is 1.81 bits per heavy atom. The molecular weight excluding hydrogens is 409 g/mol. The summed E-state index contributed by atoms with van der Waals surface area (Å²) in [4.78, 5) is 16.7. The van der Waals surface area contributed by atoms with Gasteiger partial charge >= 0.3 is 0 Å². The molecule has 31 heavy (non-hydrogen) atoms. The Balaban J connectivity index is 1.33. The summed E-state index contributed by atoms with van der Waals surface area (Å²) in [6, 6.07) is 19.1. The van der Waals surface area contributed by atoms with Crippen LogP contribution in [0.25, 0.3) is 21.5 Å². The van der Waals surface area contributed by atoms with Crippen molar-refractivity contribution in [3.63, 3.8) is 0 Å². The van der Waals surface area contributed by atoms with Crippen molar-refractivity contribution >= 4 is 27.5 Å². The zero-order valence-corrected chi connectivity index (χ0v) is 18.2. The first-order valence-electron chi connectivity index (χ1n) is 10.6. The highest BCUT2D eigenvalue weighted by atomic mass is 32.1. The van der Waals surface area contributed by atoms with Gasteiger partial charge in [0.1, 0.15) is 16.3 Å². The minimum absolute atomic E-state index is 0.0684. The molecule has 1 fully saturated rings. The molecule has 0 bridgehead atoms. The lowest BCUT2D eigenvalue weighted by Gasteiger charge is -2.31. The van der Waals surface area contributed by atoms with E-state index in [0.29, 0.717) is 22.1 Å². The molecule has 0 atom stereocenters. The molecule has 2 aromatic carbocycles. The second kappa shape index (κ2) is 8.27. The maximum absolute atomic E-state index is 14.3. The third kappa shape index (κ3) is 3.88. The van der Waals surface area contributed by atoms with Gasteiger partial charge < -0.3 is 4.90 Å². The average molecular weight is 434 g/mol. The Kier molecular flexibility index (Phi) is 5.32. The summed E-state index contributed by atoms with van der Waals surface area (Å²) in [7, 11) is 1.84. The SMILES string of the molecule is Cn1nc(-c2ccccc2F)c2cc(C(=O)N3CCC(Cc4ccccc4)CC3)sc21. The monoisotopic (exact) mass is 433 g/mol. The van der Waals surface area contributed by atoms with Gasteiger partial charge in [0.15, 0.2) is 0 Å². The van der Waals surface area contributed by atoms with Gasteiger partial charge in [-0.2, -0.15) is 5.10 Å². The number of amides is 1. The van der Waals surface area contributed by atoms with Crippen LogP contribution in [0.15, 0.2) is 60.7 Å². The molecular formula is C25H24FN3OS. The third-order valence-electron chi connectivity index (χ3n) is 6.12. The summed E-state index contributed by atoms with van der Waals surface area (Å²) in [5.74, 6) is 0.381. The van der Waals surface area contributed by atoms with E-state index in [1.54, 1.807) is 22.9 Å². The van der Waals surface area contributed by atoms with Gasteiger partial charge in [-0.25, -0.2) is 4.39 Å². The number of fused-ring (bicyclic) bond motifs is 1. The molecule has 0 spiro atoms. The van der Waals surface area contributed by atoms with Crippen LogP contribution in [0.3, 0.4) is 0 Å². The normalized spacial score (nSPS) is 15.0. The van der Waals surface area contributed by atoms with Crippen molar-refractivity contribution in [3.8, 4) is 11.3 Å². The van der Waals surface area contributed by atoms with Crippen LogP contribution in [0.2, 0.25) is 0 Å². The maximum atomic E-state index is 14.3. The van der Waals surface area contributed by atoms with E-state index in [-0.39, 0.29) is 11.7 Å². The highest BCUT2D eigenvalue weighted by molar-refractivity contribution is 7.20. The van der Waals surface area contributed by atoms with Crippen molar-refractivity contribution in [1.29, 1.82) is 0 Å². The van der Waals surface area contributed by atoms with Gasteiger partial charge in [-0.1, -0.05) is 42.5 Å². The maximum Gasteiger partial charge on any atom is 0.264 e. The summed E-state index contributed by atoms with van der Waals surface area (Å²) < 4.78 is 16.1. The zero-order valence-electron chi connectivity index (χ0n) is 17.4. The second-order valence-corrected chi connectivity index (χ2v) is 9.24. The first kappa shape index (κ1) is 19.9. The van der Waals surface area contributed by atoms with Gasteiger partial charge in [0.2, 0.25) is 0 Å². The van der Waals surface area contributed by atoms with E-state index in [1.165, 1.54) is 23.0 Å². The number of hydrogen-bond acceptors (Lipinski definition) is 3. The van der Waals surface area contributed by atoms with Crippen LogP contribution in [-0.2, 0) is 13.5 Å². The molecule has 5 rings (SSSR count). The smallest absolute Gasteiger partial charge is 0.264 e. The highest BCUT2D eigenvalue weighted by Gasteiger charge is 2.26. The van der Waals surface area contributed by atoms with Gasteiger partial charge in [0.05, 0.1) is 4.88 Å². The van der Waals surface area contributed by atoms with E-state index in [9.17, 15) is 9.18 Å². The molecule has 158 valence electrons. The lowest BCUT2D eigenvalue weighted by atomic mass is 9.90. The standard InChI is InChI=1S/C25H24FN3OS/c1-28-25-20(23(27-28)19-9-5-6-10-21(19)26)16-22(31-25)24(30)29-13-11-18(12-14-29)15-17-7-3-2-4-8-17/h2-10,16,18H,11-15H2,1H3. The number of thiophene rings is 1. The number of likely N-dealkylation sites (tertiary alicyclic amines) is 1. The van der Waals surface area contributed by atoms with Crippen LogP contribution < -0.4 is 0 Å². The van der Waals surface area contributed by atoms with Crippen molar-refractivity contribution in [1.82, 2.24) is 14.7 Å². The fraction of sp³-hybridized carbons (Fsp3) is 0.280. The molecule has 0 radical (unpaired) electrons. The second-order valence-electron chi connectivity index (χ2n) is 8.21. The highest BCUT2D eigenvalue weighted by Crippen LogP contribution is 2.35. The van der Waals surface area contributed by atoms with Crippen LogP contribution in [-0.4, -0.2) is 33.7 Å². The molecule has 1 saturated heterocycles. The number of benzene rings is 2. The Labute approximate surface area is 184 Å². The Bertz CT molecular complexity index is 1220. The first-order chi connectivity index (χ1) is 15.1. The van der Waals surface area contributed by atoms with E-state index >= 15 is 0 Å². The van der Waals surface area contributed by atoms with E-state index in [1.807, 2.05) is 24.1 Å². The molecule has 3 heterocycles. The molecule has 0 aliphatic carbocycles. The largest absolute Gasteiger partial charge is 0.338 e. The van der Waals surface area contributed by atoms with Gasteiger partial charge in [-0.15, -0.1) is 11.3 Å². The number of halogens is 1. The van der Waals surface area contributed by atoms with Crippen molar-refractivity contribution in [2.75, 3.05) is 13.1 Å². The Morgan fingerprint density at radius 3 is 2.55 bits per heavy atom. The molecule has 0 N–H and O–H groups in total. The van der Waals surface area contributed by atoms with Crippen molar-refractivity contribution in [3.05, 3.63) is 76.9 Å². The van der Waals surface area contributed by atoms with Crippen LogP contribution in [0.1, 0.15) is 28.1 Å². The van der Waals surface area contributed by atoms with E-state index in [0.717, 1.165) is 42.6 Å². The molecule has 0 unspecified atom stereocenters. The van der Waals surface area contributed by atoms with Crippen molar-refractivity contribution in [2.24, 2.45) is 13.0 Å². The van der Waals surface area contributed by atoms with Gasteiger partial charge in [-0.05, 0) is 48.9 Å². The van der Waals surface area contributed by atoms with E-state index < -0.39 is 0 Å². The molecule has 1 aliphatic heterocycles. The van der Waals surface area contributed by atoms with Crippen LogP contribution in [0, 0.1) is 11.7 Å². The molecule has 1 aliphatic rings. The minimum atomic E-state index is -0.304. The molecule has 0 saturated carbocycles. The van der Waals surface area contributed by atoms with Crippen molar-refractivity contribution in [2.45, 2.75) is 19.3 Å². The Morgan fingerprint density at radius 1 is 1.10 bits per heavy atom. The number of piperidine rings is 1. The Hall–Kier alpha value is -2.99. The number of nitrogens with zero attached hydrogens (tertiary/aromatic N) is 3. The fourth-order valence-corrected chi connectivity index (χ4v) is 5.48. The number of aromatic nitrogens is 2. The molecule has 2 aromatic heterocycles. The number of aryl methyl sites for hydroxylation is 1. The topological polar surface area (TPSA) is 38.1 Å². The average Bonchev–Trinajstić information content (AvgIpc) is 3.36. The number of hydrogen-bond donors (Lipinski definition) is 0. The zero-order chi connectivity index (χ0) is 21.4. The summed E-state index contributed by atoms with van der Waals surface area (Å²) >= 11 is 1.44. The van der Waals surface area contributed by atoms with Gasteiger partial charge in [0, 0.05) is 31.1 Å². The fourth-order valence-electron chi connectivity index (χ4n) is 4.44. The molecule has 4 nitrogen and oxygen atoms in total. The lowest BCUT2D eigenvalue weighted by Crippen LogP contribution is -2.38. The number of carbonyl (C=O) groups excluding carboxylic acids is 1. The molecule has 4 aromatic rings. The summed E-state index contributed by atoms with van der Waals surface area (Å²) in [5.41, 5.74) is 2.42. The van der Waals surface area contributed by atoms with E-state index in [4.69, 9.17) is 0 Å². The van der Waals surface area contributed by atoms with Gasteiger partial charge in [0.25, 0.3) is 5.91 Å².